The molecule has 6 nitrogen and oxygen atoms in total. The Morgan fingerprint density at radius 2 is 1.83 bits per heavy atom. The molecule has 0 saturated carbocycles. The number of halogens is 1. The summed E-state index contributed by atoms with van der Waals surface area (Å²) in [5, 5.41) is 2.14. The van der Waals surface area contributed by atoms with Gasteiger partial charge in [0.1, 0.15) is 19.0 Å². The molecule has 1 N–H and O–H groups in total. The molecule has 0 aliphatic carbocycles. The zero-order chi connectivity index (χ0) is 21.0. The third-order valence-corrected chi connectivity index (χ3v) is 5.20. The molecule has 2 aromatic rings. The van der Waals surface area contributed by atoms with E-state index in [0.717, 1.165) is 23.1 Å². The Morgan fingerprint density at radius 1 is 1.07 bits per heavy atom. The molecule has 1 heterocycles. The van der Waals surface area contributed by atoms with Crippen molar-refractivity contribution in [2.45, 2.75) is 13.8 Å². The number of imide groups is 1. The number of ether oxygens (including phenoxy) is 3. The van der Waals surface area contributed by atoms with E-state index in [2.05, 4.69) is 11.4 Å². The molecule has 29 heavy (non-hydrogen) atoms. The van der Waals surface area contributed by atoms with Gasteiger partial charge < -0.3 is 14.2 Å². The zero-order valence-electron chi connectivity index (χ0n) is 16.2. The summed E-state index contributed by atoms with van der Waals surface area (Å²) in [5.41, 5.74) is 2.86. The molecule has 1 saturated heterocycles. The van der Waals surface area contributed by atoms with Gasteiger partial charge in [0.2, 0.25) is 0 Å². The van der Waals surface area contributed by atoms with Crippen LogP contribution < -0.4 is 19.5 Å². The second-order valence-corrected chi connectivity index (χ2v) is 7.77. The lowest BCUT2D eigenvalue weighted by atomic mass is 10.1. The molecule has 2 amide bonds. The molecule has 1 fully saturated rings. The number of amides is 2. The van der Waals surface area contributed by atoms with Gasteiger partial charge in [0.15, 0.2) is 11.5 Å². The van der Waals surface area contributed by atoms with Crippen LogP contribution in [0.25, 0.3) is 6.08 Å². The fourth-order valence-corrected chi connectivity index (χ4v) is 3.75. The van der Waals surface area contributed by atoms with E-state index in [1.807, 2.05) is 26.0 Å². The number of aryl methyl sites for hydroxylation is 2. The van der Waals surface area contributed by atoms with Gasteiger partial charge in [0.25, 0.3) is 11.1 Å². The van der Waals surface area contributed by atoms with Crippen LogP contribution in [0.5, 0.6) is 17.2 Å². The monoisotopic (exact) mass is 433 g/mol. The Balaban J connectivity index is 1.67. The smallest absolute Gasteiger partial charge is 0.290 e. The lowest BCUT2D eigenvalue weighted by Crippen LogP contribution is -2.17. The summed E-state index contributed by atoms with van der Waals surface area (Å²) in [7, 11) is 1.50. The molecular weight excluding hydrogens is 414 g/mol. The number of benzene rings is 2. The van der Waals surface area contributed by atoms with Crippen molar-refractivity contribution in [2.24, 2.45) is 0 Å². The quantitative estimate of drug-likeness (QED) is 0.502. The van der Waals surface area contributed by atoms with Crippen molar-refractivity contribution in [1.29, 1.82) is 0 Å². The van der Waals surface area contributed by atoms with Gasteiger partial charge in [-0.1, -0.05) is 29.3 Å². The molecule has 0 spiro atoms. The Bertz CT molecular complexity index is 989. The minimum Gasteiger partial charge on any atom is -0.493 e. The van der Waals surface area contributed by atoms with Gasteiger partial charge in [-0.05, 0) is 61.0 Å². The molecule has 3 rings (SSSR count). The van der Waals surface area contributed by atoms with Gasteiger partial charge in [-0.2, -0.15) is 0 Å². The predicted molar refractivity (Wildman–Crippen MR) is 114 cm³/mol. The maximum Gasteiger partial charge on any atom is 0.290 e. The first kappa shape index (κ1) is 21.1. The van der Waals surface area contributed by atoms with Gasteiger partial charge in [-0.15, -0.1) is 0 Å². The van der Waals surface area contributed by atoms with E-state index in [9.17, 15) is 9.59 Å². The van der Waals surface area contributed by atoms with E-state index in [-0.39, 0.29) is 6.61 Å². The van der Waals surface area contributed by atoms with Crippen molar-refractivity contribution in [1.82, 2.24) is 5.32 Å². The molecule has 0 bridgehead atoms. The number of hydrogen-bond donors (Lipinski definition) is 1. The molecule has 0 radical (unpaired) electrons. The number of hydrogen-bond acceptors (Lipinski definition) is 6. The lowest BCUT2D eigenvalue weighted by molar-refractivity contribution is -0.115. The van der Waals surface area contributed by atoms with Crippen molar-refractivity contribution in [3.8, 4) is 17.2 Å². The Labute approximate surface area is 178 Å². The van der Waals surface area contributed by atoms with Crippen LogP contribution in [0, 0.1) is 13.8 Å². The number of nitrogens with one attached hydrogen (secondary N) is 1. The number of rotatable bonds is 7. The molecule has 2 aromatic carbocycles. The maximum atomic E-state index is 11.7. The number of methoxy groups -OCH3 is 1. The third-order valence-electron chi connectivity index (χ3n) is 4.11. The van der Waals surface area contributed by atoms with Crippen LogP contribution >= 0.6 is 23.4 Å². The summed E-state index contributed by atoms with van der Waals surface area (Å²) in [4.78, 5) is 23.3. The molecule has 0 unspecified atom stereocenters. The molecule has 152 valence electrons. The van der Waals surface area contributed by atoms with Crippen molar-refractivity contribution in [3.05, 3.63) is 56.9 Å². The predicted octanol–water partition coefficient (Wildman–Crippen LogP) is 4.75. The van der Waals surface area contributed by atoms with Crippen LogP contribution in [0.3, 0.4) is 0 Å². The molecule has 1 aliphatic rings. The Hall–Kier alpha value is -2.64. The van der Waals surface area contributed by atoms with Gasteiger partial charge in [0, 0.05) is 0 Å². The number of thioether (sulfide) groups is 1. The average molecular weight is 434 g/mol. The molecule has 0 atom stereocenters. The summed E-state index contributed by atoms with van der Waals surface area (Å²) in [6.45, 7) is 4.64. The highest BCUT2D eigenvalue weighted by Crippen LogP contribution is 2.38. The van der Waals surface area contributed by atoms with E-state index in [4.69, 9.17) is 25.8 Å². The molecule has 1 aliphatic heterocycles. The first-order valence-electron chi connectivity index (χ1n) is 8.82. The van der Waals surface area contributed by atoms with Gasteiger partial charge in [-0.25, -0.2) is 0 Å². The number of carbonyl (C=O) groups is 2. The fraction of sp³-hybridized carbons (Fsp3) is 0.238. The topological polar surface area (TPSA) is 73.9 Å². The first-order valence-corrected chi connectivity index (χ1v) is 10.0. The standard InChI is InChI=1S/C21H20ClNO5S/c1-12-4-5-16(13(2)8-12)27-6-7-28-19-15(22)9-14(10-17(19)26-3)11-18-20(24)23-21(25)29-18/h4-5,8-11H,6-7H2,1-3H3,(H,23,24,25)/b18-11+. The van der Waals surface area contributed by atoms with E-state index in [1.54, 1.807) is 18.2 Å². The van der Waals surface area contributed by atoms with Crippen LogP contribution in [-0.4, -0.2) is 31.5 Å². The minimum atomic E-state index is -0.432. The largest absolute Gasteiger partial charge is 0.493 e. The summed E-state index contributed by atoms with van der Waals surface area (Å²) >= 11 is 7.19. The lowest BCUT2D eigenvalue weighted by Gasteiger charge is -2.14. The number of carbonyl (C=O) groups excluding carboxylic acids is 2. The fourth-order valence-electron chi connectivity index (χ4n) is 2.79. The van der Waals surface area contributed by atoms with Crippen LogP contribution in [0.15, 0.2) is 35.2 Å². The second-order valence-electron chi connectivity index (χ2n) is 6.35. The van der Waals surface area contributed by atoms with E-state index >= 15 is 0 Å². The summed E-state index contributed by atoms with van der Waals surface area (Å²) in [5.74, 6) is 1.19. The molecule has 8 heteroatoms. The zero-order valence-corrected chi connectivity index (χ0v) is 17.8. The minimum absolute atomic E-state index is 0.274. The van der Waals surface area contributed by atoms with Crippen molar-refractivity contribution >= 4 is 40.6 Å². The van der Waals surface area contributed by atoms with Gasteiger partial charge in [0.05, 0.1) is 17.0 Å². The van der Waals surface area contributed by atoms with Crippen molar-refractivity contribution in [2.75, 3.05) is 20.3 Å². The normalized spacial score (nSPS) is 14.8. The average Bonchev–Trinajstić information content (AvgIpc) is 2.98. The molecular formula is C21H20ClNO5S. The highest BCUT2D eigenvalue weighted by molar-refractivity contribution is 8.18. The van der Waals surface area contributed by atoms with Crippen LogP contribution in [0.4, 0.5) is 4.79 Å². The second kappa shape index (κ2) is 9.24. The first-order chi connectivity index (χ1) is 13.9. The van der Waals surface area contributed by atoms with Crippen LogP contribution in [0.2, 0.25) is 5.02 Å². The Morgan fingerprint density at radius 3 is 2.48 bits per heavy atom. The van der Waals surface area contributed by atoms with Gasteiger partial charge in [-0.3, -0.25) is 14.9 Å². The summed E-state index contributed by atoms with van der Waals surface area (Å²) < 4.78 is 16.9. The summed E-state index contributed by atoms with van der Waals surface area (Å²) in [6, 6.07) is 9.32. The Kier molecular flexibility index (Phi) is 6.71. The van der Waals surface area contributed by atoms with Crippen molar-refractivity contribution in [3.63, 3.8) is 0 Å². The van der Waals surface area contributed by atoms with E-state index < -0.39 is 11.1 Å². The third kappa shape index (κ3) is 5.25. The highest BCUT2D eigenvalue weighted by atomic mass is 35.5. The van der Waals surface area contributed by atoms with E-state index in [1.165, 1.54) is 12.7 Å². The van der Waals surface area contributed by atoms with Crippen LogP contribution in [-0.2, 0) is 4.79 Å². The van der Waals surface area contributed by atoms with Gasteiger partial charge >= 0.3 is 0 Å². The summed E-state index contributed by atoms with van der Waals surface area (Å²) in [6.07, 6.45) is 1.58. The van der Waals surface area contributed by atoms with Crippen LogP contribution in [0.1, 0.15) is 16.7 Å². The molecule has 0 aromatic heterocycles. The maximum absolute atomic E-state index is 11.7. The SMILES string of the molecule is COc1cc(/C=C2/SC(=O)NC2=O)cc(Cl)c1OCCOc1ccc(C)cc1C. The van der Waals surface area contributed by atoms with E-state index in [0.29, 0.717) is 33.6 Å². The highest BCUT2D eigenvalue weighted by Gasteiger charge is 2.25. The van der Waals surface area contributed by atoms with Crippen molar-refractivity contribution < 1.29 is 23.8 Å².